The van der Waals surface area contributed by atoms with Crippen molar-refractivity contribution < 1.29 is 19.4 Å². The van der Waals surface area contributed by atoms with Gasteiger partial charge >= 0.3 is 5.97 Å². The molecule has 1 aromatic carbocycles. The number of methoxy groups -OCH3 is 1. The Morgan fingerprint density at radius 3 is 2.30 bits per heavy atom. The number of aryl methyl sites for hydroxylation is 1. The van der Waals surface area contributed by atoms with Crippen LogP contribution in [0.3, 0.4) is 0 Å². The summed E-state index contributed by atoms with van der Waals surface area (Å²) < 4.78 is 5.12. The van der Waals surface area contributed by atoms with Crippen LogP contribution in [0.15, 0.2) is 24.3 Å². The Hall–Kier alpha value is -2.04. The van der Waals surface area contributed by atoms with Crippen LogP contribution in [0.5, 0.6) is 5.75 Å². The minimum absolute atomic E-state index is 0.119. The maximum atomic E-state index is 11.8. The summed E-state index contributed by atoms with van der Waals surface area (Å²) in [5.41, 5.74) is 1.25. The van der Waals surface area contributed by atoms with Crippen LogP contribution in [-0.4, -0.2) is 30.1 Å². The van der Waals surface area contributed by atoms with Gasteiger partial charge in [0.1, 0.15) is 11.8 Å². The maximum absolute atomic E-state index is 11.8. The molecule has 1 amide bonds. The van der Waals surface area contributed by atoms with E-state index in [2.05, 4.69) is 5.32 Å². The van der Waals surface area contributed by atoms with Crippen molar-refractivity contribution >= 4 is 11.9 Å². The third-order valence-corrected chi connectivity index (χ3v) is 3.78. The van der Waals surface area contributed by atoms with E-state index in [1.807, 2.05) is 24.3 Å². The van der Waals surface area contributed by atoms with Gasteiger partial charge in [0, 0.05) is 6.42 Å². The average molecular weight is 321 g/mol. The topological polar surface area (TPSA) is 75.6 Å². The Labute approximate surface area is 138 Å². The molecule has 0 unspecified atom stereocenters. The Bertz CT molecular complexity index is 496. The van der Waals surface area contributed by atoms with Gasteiger partial charge in [-0.3, -0.25) is 4.79 Å². The second-order valence-electron chi connectivity index (χ2n) is 6.04. The van der Waals surface area contributed by atoms with E-state index in [-0.39, 0.29) is 11.8 Å². The fourth-order valence-electron chi connectivity index (χ4n) is 2.34. The lowest BCUT2D eigenvalue weighted by Gasteiger charge is -2.17. The standard InChI is InChI=1S/C18H27NO4/c1-13(2)17(18(21)22)19-16(20)8-6-4-5-7-14-9-11-15(23-3)12-10-14/h9-13,17H,4-8H2,1-3H3,(H,19,20)(H,21,22)/t17-/m0/s1. The van der Waals surface area contributed by atoms with Crippen LogP contribution in [0.25, 0.3) is 0 Å². The molecule has 0 radical (unpaired) electrons. The molecule has 0 spiro atoms. The lowest BCUT2D eigenvalue weighted by molar-refractivity contribution is -0.143. The van der Waals surface area contributed by atoms with Gasteiger partial charge in [-0.05, 0) is 42.9 Å². The van der Waals surface area contributed by atoms with Crippen LogP contribution < -0.4 is 10.1 Å². The quantitative estimate of drug-likeness (QED) is 0.650. The SMILES string of the molecule is COc1ccc(CCCCCC(=O)N[C@H](C(=O)O)C(C)C)cc1. The maximum Gasteiger partial charge on any atom is 0.326 e. The molecule has 0 saturated heterocycles. The lowest BCUT2D eigenvalue weighted by atomic mass is 10.0. The van der Waals surface area contributed by atoms with Gasteiger partial charge in [0.25, 0.3) is 0 Å². The molecule has 1 atom stereocenters. The fourth-order valence-corrected chi connectivity index (χ4v) is 2.34. The summed E-state index contributed by atoms with van der Waals surface area (Å²) in [7, 11) is 1.65. The number of aliphatic carboxylic acids is 1. The molecule has 0 aliphatic carbocycles. The smallest absolute Gasteiger partial charge is 0.326 e. The van der Waals surface area contributed by atoms with E-state index in [0.29, 0.717) is 6.42 Å². The number of hydrogen-bond acceptors (Lipinski definition) is 3. The van der Waals surface area contributed by atoms with E-state index in [0.717, 1.165) is 31.4 Å². The van der Waals surface area contributed by atoms with Crippen molar-refractivity contribution in [2.24, 2.45) is 5.92 Å². The van der Waals surface area contributed by atoms with Crippen molar-refractivity contribution in [3.8, 4) is 5.75 Å². The molecule has 0 fully saturated rings. The zero-order valence-electron chi connectivity index (χ0n) is 14.2. The number of hydrogen-bond donors (Lipinski definition) is 2. The number of ether oxygens (including phenoxy) is 1. The third-order valence-electron chi connectivity index (χ3n) is 3.78. The second kappa shape index (κ2) is 9.87. The molecule has 128 valence electrons. The first kappa shape index (κ1) is 19.0. The van der Waals surface area contributed by atoms with Gasteiger partial charge in [0.15, 0.2) is 0 Å². The summed E-state index contributed by atoms with van der Waals surface area (Å²) in [4.78, 5) is 22.8. The molecule has 5 heteroatoms. The molecule has 2 N–H and O–H groups in total. The minimum Gasteiger partial charge on any atom is -0.497 e. The number of carboxylic acid groups (broad SMARTS) is 1. The van der Waals surface area contributed by atoms with Gasteiger partial charge < -0.3 is 15.2 Å². The highest BCUT2D eigenvalue weighted by atomic mass is 16.5. The molecule has 0 aliphatic heterocycles. The lowest BCUT2D eigenvalue weighted by Crippen LogP contribution is -2.44. The predicted octanol–water partition coefficient (Wildman–Crippen LogP) is 3.02. The molecule has 0 heterocycles. The highest BCUT2D eigenvalue weighted by molar-refractivity contribution is 5.83. The second-order valence-corrected chi connectivity index (χ2v) is 6.04. The summed E-state index contributed by atoms with van der Waals surface area (Å²) in [6.07, 6.45) is 4.06. The molecule has 5 nitrogen and oxygen atoms in total. The zero-order valence-corrected chi connectivity index (χ0v) is 14.2. The van der Waals surface area contributed by atoms with Crippen LogP contribution in [0.4, 0.5) is 0 Å². The van der Waals surface area contributed by atoms with Crippen LogP contribution in [0.2, 0.25) is 0 Å². The number of unbranched alkanes of at least 4 members (excludes halogenated alkanes) is 2. The Kier molecular flexibility index (Phi) is 8.16. The molecule has 0 aliphatic rings. The number of carboxylic acids is 1. The highest BCUT2D eigenvalue weighted by Gasteiger charge is 2.22. The van der Waals surface area contributed by atoms with E-state index < -0.39 is 12.0 Å². The van der Waals surface area contributed by atoms with E-state index in [1.165, 1.54) is 5.56 Å². The summed E-state index contributed by atoms with van der Waals surface area (Å²) in [6, 6.07) is 7.18. The number of benzene rings is 1. The van der Waals surface area contributed by atoms with E-state index in [4.69, 9.17) is 9.84 Å². The molecule has 1 aromatic rings. The Balaban J connectivity index is 2.21. The van der Waals surface area contributed by atoms with Gasteiger partial charge in [0.05, 0.1) is 7.11 Å². The van der Waals surface area contributed by atoms with Crippen LogP contribution in [0.1, 0.15) is 45.1 Å². The molecule has 0 saturated carbocycles. The van der Waals surface area contributed by atoms with Crippen LogP contribution in [0, 0.1) is 5.92 Å². The summed E-state index contributed by atoms with van der Waals surface area (Å²) in [6.45, 7) is 3.57. The van der Waals surface area contributed by atoms with E-state index in [9.17, 15) is 9.59 Å². The first-order valence-electron chi connectivity index (χ1n) is 8.09. The molecule has 0 aromatic heterocycles. The first-order valence-corrected chi connectivity index (χ1v) is 8.09. The zero-order chi connectivity index (χ0) is 17.2. The molecular weight excluding hydrogens is 294 g/mol. The summed E-state index contributed by atoms with van der Waals surface area (Å²) in [5, 5.41) is 11.6. The van der Waals surface area contributed by atoms with Crippen molar-refractivity contribution in [1.29, 1.82) is 0 Å². The predicted molar refractivity (Wildman–Crippen MR) is 89.6 cm³/mol. The summed E-state index contributed by atoms with van der Waals surface area (Å²) >= 11 is 0. The number of carbonyl (C=O) groups excluding carboxylic acids is 1. The van der Waals surface area contributed by atoms with Crippen molar-refractivity contribution in [2.45, 2.75) is 52.0 Å². The molecule has 0 bridgehead atoms. The normalized spacial score (nSPS) is 12.0. The van der Waals surface area contributed by atoms with E-state index in [1.54, 1.807) is 21.0 Å². The van der Waals surface area contributed by atoms with E-state index >= 15 is 0 Å². The minimum atomic E-state index is -0.979. The van der Waals surface area contributed by atoms with Crippen molar-refractivity contribution in [3.63, 3.8) is 0 Å². The van der Waals surface area contributed by atoms with Crippen LogP contribution in [-0.2, 0) is 16.0 Å². The number of rotatable bonds is 10. The molecular formula is C18H27NO4. The molecule has 23 heavy (non-hydrogen) atoms. The Morgan fingerprint density at radius 1 is 1.13 bits per heavy atom. The Morgan fingerprint density at radius 2 is 1.78 bits per heavy atom. The monoisotopic (exact) mass is 321 g/mol. The van der Waals surface area contributed by atoms with Crippen LogP contribution >= 0.6 is 0 Å². The number of amides is 1. The van der Waals surface area contributed by atoms with Gasteiger partial charge in [-0.2, -0.15) is 0 Å². The van der Waals surface area contributed by atoms with Gasteiger partial charge in [-0.15, -0.1) is 0 Å². The summed E-state index contributed by atoms with van der Waals surface area (Å²) in [5.74, 6) is -0.432. The van der Waals surface area contributed by atoms with Gasteiger partial charge in [-0.1, -0.05) is 32.4 Å². The van der Waals surface area contributed by atoms with Crippen molar-refractivity contribution in [1.82, 2.24) is 5.32 Å². The fraction of sp³-hybridized carbons (Fsp3) is 0.556. The van der Waals surface area contributed by atoms with Crippen molar-refractivity contribution in [3.05, 3.63) is 29.8 Å². The largest absolute Gasteiger partial charge is 0.497 e. The van der Waals surface area contributed by atoms with Gasteiger partial charge in [-0.25, -0.2) is 4.79 Å². The number of carbonyl (C=O) groups is 2. The number of nitrogens with one attached hydrogen (secondary N) is 1. The molecule has 1 rings (SSSR count). The first-order chi connectivity index (χ1) is 10.9. The van der Waals surface area contributed by atoms with Gasteiger partial charge in [0.2, 0.25) is 5.91 Å². The average Bonchev–Trinajstić information content (AvgIpc) is 2.52. The third kappa shape index (κ3) is 7.17. The highest BCUT2D eigenvalue weighted by Crippen LogP contribution is 2.14. The van der Waals surface area contributed by atoms with Crippen molar-refractivity contribution in [2.75, 3.05) is 7.11 Å².